The Morgan fingerprint density at radius 2 is 1.90 bits per heavy atom. The second-order valence-electron chi connectivity index (χ2n) is 5.29. The zero-order chi connectivity index (χ0) is 14.1. The zero-order valence-electron chi connectivity index (χ0n) is 11.7. The normalized spacial score (nSPS) is 11.4. The summed E-state index contributed by atoms with van der Waals surface area (Å²) in [4.78, 5) is 5.47. The molecule has 3 rings (SSSR count). The third kappa shape index (κ3) is 2.32. The Kier molecular flexibility index (Phi) is 3.28. The number of H-pyrrole nitrogens is 1. The average Bonchev–Trinajstić information content (AvgIpc) is 2.81. The molecule has 102 valence electrons. The molecule has 0 unspecified atom stereocenters. The van der Waals surface area contributed by atoms with Gasteiger partial charge in [0.25, 0.3) is 0 Å². The molecule has 0 aliphatic rings. The average molecular weight is 268 g/mol. The molecule has 0 aliphatic heterocycles. The molecule has 0 bridgehead atoms. The summed E-state index contributed by atoms with van der Waals surface area (Å²) in [6.07, 6.45) is 2.04. The number of aromatic amines is 1. The SMILES string of the molecule is CN(C)Cc1c[nH]c2c(-c3cccc(F)c3)cccc12. The first-order chi connectivity index (χ1) is 9.65. The Morgan fingerprint density at radius 1 is 1.10 bits per heavy atom. The highest BCUT2D eigenvalue weighted by Gasteiger charge is 2.09. The van der Waals surface area contributed by atoms with Crippen molar-refractivity contribution in [3.63, 3.8) is 0 Å². The van der Waals surface area contributed by atoms with E-state index < -0.39 is 0 Å². The predicted octanol–water partition coefficient (Wildman–Crippen LogP) is 4.04. The Bertz CT molecular complexity index is 744. The lowest BCUT2D eigenvalue weighted by Crippen LogP contribution is -2.09. The number of rotatable bonds is 3. The number of hydrogen-bond donors (Lipinski definition) is 1. The largest absolute Gasteiger partial charge is 0.360 e. The van der Waals surface area contributed by atoms with Crippen molar-refractivity contribution in [2.24, 2.45) is 0 Å². The second kappa shape index (κ2) is 5.10. The maximum Gasteiger partial charge on any atom is 0.123 e. The first-order valence-corrected chi connectivity index (χ1v) is 6.65. The molecule has 0 saturated carbocycles. The lowest BCUT2D eigenvalue weighted by atomic mass is 10.0. The van der Waals surface area contributed by atoms with E-state index in [1.807, 2.05) is 24.4 Å². The molecule has 0 aliphatic carbocycles. The maximum absolute atomic E-state index is 13.4. The highest BCUT2D eigenvalue weighted by Crippen LogP contribution is 2.30. The molecule has 0 spiro atoms. The van der Waals surface area contributed by atoms with Crippen LogP contribution in [0.1, 0.15) is 5.56 Å². The highest BCUT2D eigenvalue weighted by molar-refractivity contribution is 5.96. The van der Waals surface area contributed by atoms with E-state index in [1.165, 1.54) is 17.0 Å². The van der Waals surface area contributed by atoms with Crippen molar-refractivity contribution in [2.45, 2.75) is 6.54 Å². The van der Waals surface area contributed by atoms with Gasteiger partial charge < -0.3 is 9.88 Å². The number of benzene rings is 2. The van der Waals surface area contributed by atoms with E-state index in [0.29, 0.717) is 0 Å². The van der Waals surface area contributed by atoms with Crippen LogP contribution in [-0.4, -0.2) is 24.0 Å². The van der Waals surface area contributed by atoms with Crippen molar-refractivity contribution in [2.75, 3.05) is 14.1 Å². The molecule has 1 heterocycles. The summed E-state index contributed by atoms with van der Waals surface area (Å²) in [6, 6.07) is 12.9. The van der Waals surface area contributed by atoms with E-state index in [1.54, 1.807) is 12.1 Å². The van der Waals surface area contributed by atoms with Crippen LogP contribution < -0.4 is 0 Å². The summed E-state index contributed by atoms with van der Waals surface area (Å²) in [6.45, 7) is 0.882. The van der Waals surface area contributed by atoms with E-state index in [2.05, 4.69) is 30.0 Å². The minimum atomic E-state index is -0.209. The van der Waals surface area contributed by atoms with Crippen LogP contribution in [0.4, 0.5) is 4.39 Å². The molecule has 20 heavy (non-hydrogen) atoms. The van der Waals surface area contributed by atoms with Crippen LogP contribution >= 0.6 is 0 Å². The topological polar surface area (TPSA) is 19.0 Å². The fourth-order valence-electron chi connectivity index (χ4n) is 2.58. The summed E-state index contributed by atoms with van der Waals surface area (Å²) >= 11 is 0. The lowest BCUT2D eigenvalue weighted by Gasteiger charge is -2.08. The number of fused-ring (bicyclic) bond motifs is 1. The number of aromatic nitrogens is 1. The van der Waals surface area contributed by atoms with E-state index >= 15 is 0 Å². The van der Waals surface area contributed by atoms with Crippen LogP contribution in [0.2, 0.25) is 0 Å². The fraction of sp³-hybridized carbons (Fsp3) is 0.176. The smallest absolute Gasteiger partial charge is 0.123 e. The van der Waals surface area contributed by atoms with Gasteiger partial charge in [-0.2, -0.15) is 0 Å². The quantitative estimate of drug-likeness (QED) is 0.759. The van der Waals surface area contributed by atoms with Crippen LogP contribution in [0, 0.1) is 5.82 Å². The van der Waals surface area contributed by atoms with Crippen molar-refractivity contribution in [3.05, 3.63) is 60.0 Å². The molecule has 0 fully saturated rings. The lowest BCUT2D eigenvalue weighted by molar-refractivity contribution is 0.404. The highest BCUT2D eigenvalue weighted by atomic mass is 19.1. The minimum absolute atomic E-state index is 0.209. The molecule has 3 heteroatoms. The van der Waals surface area contributed by atoms with Crippen LogP contribution in [0.25, 0.3) is 22.0 Å². The molecule has 3 aromatic rings. The summed E-state index contributed by atoms with van der Waals surface area (Å²) in [7, 11) is 4.10. The van der Waals surface area contributed by atoms with Gasteiger partial charge in [-0.15, -0.1) is 0 Å². The second-order valence-corrected chi connectivity index (χ2v) is 5.29. The number of para-hydroxylation sites is 1. The van der Waals surface area contributed by atoms with E-state index in [0.717, 1.165) is 23.2 Å². The standard InChI is InChI=1S/C17H17FN2/c1-20(2)11-13-10-19-17-15(7-4-8-16(13)17)12-5-3-6-14(18)9-12/h3-10,19H,11H2,1-2H3. The Morgan fingerprint density at radius 3 is 2.65 bits per heavy atom. The molecule has 0 radical (unpaired) electrons. The summed E-state index contributed by atoms with van der Waals surface area (Å²) in [5.74, 6) is -0.209. The zero-order valence-corrected chi connectivity index (χ0v) is 11.7. The fourth-order valence-corrected chi connectivity index (χ4v) is 2.58. The van der Waals surface area contributed by atoms with E-state index in [9.17, 15) is 4.39 Å². The molecule has 1 aromatic heterocycles. The third-order valence-electron chi connectivity index (χ3n) is 3.42. The van der Waals surface area contributed by atoms with Crippen LogP contribution in [0.3, 0.4) is 0 Å². The van der Waals surface area contributed by atoms with E-state index in [-0.39, 0.29) is 5.82 Å². The van der Waals surface area contributed by atoms with Crippen LogP contribution in [0.15, 0.2) is 48.7 Å². The summed E-state index contributed by atoms with van der Waals surface area (Å²) in [5, 5.41) is 1.19. The molecular weight excluding hydrogens is 251 g/mol. The number of nitrogens with one attached hydrogen (secondary N) is 1. The Balaban J connectivity index is 2.15. The van der Waals surface area contributed by atoms with Gasteiger partial charge >= 0.3 is 0 Å². The van der Waals surface area contributed by atoms with Crippen LogP contribution in [-0.2, 0) is 6.54 Å². The van der Waals surface area contributed by atoms with Gasteiger partial charge in [-0.1, -0.05) is 30.3 Å². The molecule has 2 aromatic carbocycles. The van der Waals surface area contributed by atoms with Gasteiger partial charge in [0, 0.05) is 23.7 Å². The minimum Gasteiger partial charge on any atom is -0.360 e. The maximum atomic E-state index is 13.4. The van der Waals surface area contributed by atoms with Crippen molar-refractivity contribution < 1.29 is 4.39 Å². The van der Waals surface area contributed by atoms with Crippen molar-refractivity contribution >= 4 is 10.9 Å². The molecule has 0 saturated heterocycles. The van der Waals surface area contributed by atoms with Gasteiger partial charge in [-0.3, -0.25) is 0 Å². The molecule has 1 N–H and O–H groups in total. The third-order valence-corrected chi connectivity index (χ3v) is 3.42. The first-order valence-electron chi connectivity index (χ1n) is 6.65. The molecule has 2 nitrogen and oxygen atoms in total. The van der Waals surface area contributed by atoms with Gasteiger partial charge in [0.15, 0.2) is 0 Å². The first kappa shape index (κ1) is 12.9. The van der Waals surface area contributed by atoms with E-state index in [4.69, 9.17) is 0 Å². The Hall–Kier alpha value is -2.13. The molecule has 0 atom stereocenters. The Labute approximate surface area is 117 Å². The van der Waals surface area contributed by atoms with Crippen LogP contribution in [0.5, 0.6) is 0 Å². The summed E-state index contributed by atoms with van der Waals surface area (Å²) < 4.78 is 13.4. The number of hydrogen-bond acceptors (Lipinski definition) is 1. The monoisotopic (exact) mass is 268 g/mol. The number of nitrogens with zero attached hydrogens (tertiary/aromatic N) is 1. The van der Waals surface area contributed by atoms with Gasteiger partial charge in [-0.05, 0) is 37.4 Å². The predicted molar refractivity (Wildman–Crippen MR) is 81.1 cm³/mol. The van der Waals surface area contributed by atoms with Gasteiger partial charge in [-0.25, -0.2) is 4.39 Å². The van der Waals surface area contributed by atoms with Gasteiger partial charge in [0.1, 0.15) is 5.82 Å². The van der Waals surface area contributed by atoms with Gasteiger partial charge in [0.2, 0.25) is 0 Å². The summed E-state index contributed by atoms with van der Waals surface area (Å²) in [5.41, 5.74) is 4.25. The van der Waals surface area contributed by atoms with Crippen molar-refractivity contribution in [3.8, 4) is 11.1 Å². The van der Waals surface area contributed by atoms with Gasteiger partial charge in [0.05, 0.1) is 5.52 Å². The molecular formula is C17H17FN2. The van der Waals surface area contributed by atoms with Crippen molar-refractivity contribution in [1.29, 1.82) is 0 Å². The number of halogens is 1. The van der Waals surface area contributed by atoms with Crippen molar-refractivity contribution in [1.82, 2.24) is 9.88 Å². The molecule has 0 amide bonds.